The Kier molecular flexibility index (Phi) is 16.0. The minimum absolute atomic E-state index is 0.116. The van der Waals surface area contributed by atoms with E-state index in [9.17, 15) is 29.3 Å². The Morgan fingerprint density at radius 3 is 2.55 bits per heavy atom. The number of aliphatic hydroxyl groups excluding tert-OH is 3. The molecule has 2 aromatic carbocycles. The SMILES string of the molecule is CCCN(COCCSSCOC(=O)N(C)CC[C@H](Oc1cccc2ccccc12)c1cccs1)C(=O)O[C@@H]1O[C@H](CF)[C@H](O)[C@H](O)[C@H]1O. The van der Waals surface area contributed by atoms with Crippen molar-refractivity contribution in [3.05, 3.63) is 64.9 Å². The van der Waals surface area contributed by atoms with E-state index < -0.39 is 49.6 Å². The fourth-order valence-electron chi connectivity index (χ4n) is 4.93. The summed E-state index contributed by atoms with van der Waals surface area (Å²) in [4.78, 5) is 29.1. The summed E-state index contributed by atoms with van der Waals surface area (Å²) in [6, 6.07) is 18.1. The van der Waals surface area contributed by atoms with Gasteiger partial charge in [-0.25, -0.2) is 14.0 Å². The molecule has 49 heavy (non-hydrogen) atoms. The second-order valence-electron chi connectivity index (χ2n) is 11.1. The predicted octanol–water partition coefficient (Wildman–Crippen LogP) is 5.42. The first kappa shape index (κ1) is 39.0. The summed E-state index contributed by atoms with van der Waals surface area (Å²) in [5.74, 6) is 1.46. The van der Waals surface area contributed by atoms with E-state index in [-0.39, 0.29) is 31.9 Å². The lowest BCUT2D eigenvalue weighted by Gasteiger charge is -2.39. The van der Waals surface area contributed by atoms with Gasteiger partial charge in [0.25, 0.3) is 0 Å². The van der Waals surface area contributed by atoms with Gasteiger partial charge in [0, 0.05) is 42.6 Å². The van der Waals surface area contributed by atoms with Crippen molar-refractivity contribution >= 4 is 55.9 Å². The number of ether oxygens (including phenoxy) is 5. The van der Waals surface area contributed by atoms with Gasteiger partial charge in [0.15, 0.2) is 0 Å². The molecule has 0 spiro atoms. The Morgan fingerprint density at radius 1 is 1.00 bits per heavy atom. The standard InChI is InChI=1S/C33H43FN2O10S3/c1-3-14-36(33(41)46-31-30(39)29(38)28(37)26(19-34)45-31)20-42-16-18-48-49-21-43-32(40)35(2)15-13-25(27-12-7-17-47-27)44-24-11-6-9-22-8-4-5-10-23(22)24/h4-12,17,25-26,28-31,37-39H,3,13-16,18-21H2,1-2H3/t25-,26+,28-,29-,30+,31-/m0/s1. The number of fused-ring (bicyclic) bond motifs is 1. The van der Waals surface area contributed by atoms with Crippen LogP contribution in [0.4, 0.5) is 14.0 Å². The summed E-state index contributed by atoms with van der Waals surface area (Å²) >= 11 is 1.61. The van der Waals surface area contributed by atoms with Gasteiger partial charge in [-0.3, -0.25) is 4.90 Å². The highest BCUT2D eigenvalue weighted by atomic mass is 33.1. The molecule has 2 amide bonds. The topological polar surface area (TPSA) is 147 Å². The number of hydrogen-bond acceptors (Lipinski definition) is 13. The molecule has 0 unspecified atom stereocenters. The molecule has 0 radical (unpaired) electrons. The normalized spacial score (nSPS) is 21.2. The summed E-state index contributed by atoms with van der Waals surface area (Å²) in [7, 11) is 4.47. The summed E-state index contributed by atoms with van der Waals surface area (Å²) < 4.78 is 40.9. The zero-order valence-electron chi connectivity index (χ0n) is 27.3. The first-order valence-electron chi connectivity index (χ1n) is 15.8. The Morgan fingerprint density at radius 2 is 1.80 bits per heavy atom. The van der Waals surface area contributed by atoms with E-state index in [4.69, 9.17) is 23.7 Å². The molecule has 12 nitrogen and oxygen atoms in total. The van der Waals surface area contributed by atoms with E-state index in [0.29, 0.717) is 25.1 Å². The third-order valence-corrected chi connectivity index (χ3v) is 10.5. The molecule has 6 atom stereocenters. The van der Waals surface area contributed by atoms with Crippen molar-refractivity contribution in [3.63, 3.8) is 0 Å². The maximum Gasteiger partial charge on any atom is 0.414 e. The lowest BCUT2D eigenvalue weighted by atomic mass is 10.00. The molecule has 3 aromatic rings. The van der Waals surface area contributed by atoms with Crippen LogP contribution in [0.2, 0.25) is 0 Å². The molecule has 1 saturated heterocycles. The highest BCUT2D eigenvalue weighted by Gasteiger charge is 2.46. The smallest absolute Gasteiger partial charge is 0.414 e. The Bertz CT molecular complexity index is 1430. The molecule has 1 aliphatic heterocycles. The van der Waals surface area contributed by atoms with Crippen molar-refractivity contribution in [1.82, 2.24) is 9.80 Å². The lowest BCUT2D eigenvalue weighted by molar-refractivity contribution is -0.284. The van der Waals surface area contributed by atoms with E-state index in [1.165, 1.54) is 31.4 Å². The zero-order valence-corrected chi connectivity index (χ0v) is 29.7. The van der Waals surface area contributed by atoms with Gasteiger partial charge in [0.1, 0.15) is 55.6 Å². The fraction of sp³-hybridized carbons (Fsp3) is 0.515. The average molecular weight is 743 g/mol. The molecule has 1 fully saturated rings. The number of amides is 2. The number of carbonyl (C=O) groups is 2. The van der Waals surface area contributed by atoms with Gasteiger partial charge in [-0.2, -0.15) is 0 Å². The predicted molar refractivity (Wildman–Crippen MR) is 187 cm³/mol. The number of benzene rings is 2. The van der Waals surface area contributed by atoms with Crippen LogP contribution >= 0.6 is 32.9 Å². The highest BCUT2D eigenvalue weighted by Crippen LogP contribution is 2.33. The third-order valence-electron chi connectivity index (χ3n) is 7.58. The van der Waals surface area contributed by atoms with E-state index in [2.05, 4.69) is 0 Å². The van der Waals surface area contributed by atoms with E-state index in [1.807, 2.05) is 66.9 Å². The van der Waals surface area contributed by atoms with Crippen LogP contribution in [0.1, 0.15) is 30.7 Å². The fourth-order valence-corrected chi connectivity index (χ4v) is 7.14. The maximum absolute atomic E-state index is 13.1. The minimum atomic E-state index is -1.74. The average Bonchev–Trinajstić information content (AvgIpc) is 3.66. The van der Waals surface area contributed by atoms with Crippen molar-refractivity contribution < 1.29 is 53.0 Å². The molecule has 0 aliphatic carbocycles. The van der Waals surface area contributed by atoms with Crippen molar-refractivity contribution in [2.45, 2.75) is 56.6 Å². The van der Waals surface area contributed by atoms with Crippen molar-refractivity contribution in [3.8, 4) is 5.75 Å². The zero-order chi connectivity index (χ0) is 35.2. The number of halogens is 1. The lowest BCUT2D eigenvalue weighted by Crippen LogP contribution is -2.59. The monoisotopic (exact) mass is 742 g/mol. The number of alkyl halides is 1. The Balaban J connectivity index is 1.12. The third kappa shape index (κ3) is 11.3. The van der Waals surface area contributed by atoms with Gasteiger partial charge in [-0.05, 0) is 29.3 Å². The molecule has 1 aromatic heterocycles. The van der Waals surface area contributed by atoms with Crippen molar-refractivity contribution in [2.75, 3.05) is 51.8 Å². The van der Waals surface area contributed by atoms with Gasteiger partial charge in [0.2, 0.25) is 6.29 Å². The first-order valence-corrected chi connectivity index (χ1v) is 19.2. The number of nitrogens with zero attached hydrogens (tertiary/aromatic N) is 2. The molecule has 4 rings (SSSR count). The second kappa shape index (κ2) is 20.1. The van der Waals surface area contributed by atoms with Gasteiger partial charge >= 0.3 is 12.2 Å². The molecular weight excluding hydrogens is 700 g/mol. The molecule has 0 bridgehead atoms. The summed E-state index contributed by atoms with van der Waals surface area (Å²) in [6.45, 7) is 1.57. The molecule has 270 valence electrons. The van der Waals surface area contributed by atoms with Crippen LogP contribution < -0.4 is 4.74 Å². The molecule has 1 aliphatic rings. The quantitative estimate of drug-likeness (QED) is 0.0869. The number of hydrogen-bond donors (Lipinski definition) is 3. The van der Waals surface area contributed by atoms with Gasteiger partial charge in [-0.15, -0.1) is 11.3 Å². The van der Waals surface area contributed by atoms with Gasteiger partial charge < -0.3 is 43.9 Å². The van der Waals surface area contributed by atoms with E-state index in [0.717, 1.165) is 21.4 Å². The highest BCUT2D eigenvalue weighted by molar-refractivity contribution is 8.76. The number of aliphatic hydroxyl groups is 3. The molecular formula is C33H43FN2O10S3. The van der Waals surface area contributed by atoms with Crippen LogP contribution in [0.3, 0.4) is 0 Å². The van der Waals surface area contributed by atoms with Crippen molar-refractivity contribution in [2.24, 2.45) is 0 Å². The largest absolute Gasteiger partial charge is 0.484 e. The summed E-state index contributed by atoms with van der Waals surface area (Å²) in [5, 5.41) is 33.9. The Labute approximate surface area is 296 Å². The van der Waals surface area contributed by atoms with Crippen LogP contribution in [-0.2, 0) is 18.9 Å². The first-order chi connectivity index (χ1) is 23.7. The van der Waals surface area contributed by atoms with Crippen LogP contribution in [0, 0.1) is 0 Å². The number of thiophene rings is 1. The Hall–Kier alpha value is -2.83. The maximum atomic E-state index is 13.1. The van der Waals surface area contributed by atoms with Crippen LogP contribution in [0.5, 0.6) is 5.75 Å². The van der Waals surface area contributed by atoms with Crippen molar-refractivity contribution in [1.29, 1.82) is 0 Å². The summed E-state index contributed by atoms with van der Waals surface area (Å²) in [6.07, 6.45) is -8.62. The number of rotatable bonds is 18. The van der Waals surface area contributed by atoms with Crippen LogP contribution in [0.15, 0.2) is 60.0 Å². The van der Waals surface area contributed by atoms with E-state index in [1.54, 1.807) is 18.4 Å². The second-order valence-corrected chi connectivity index (χ2v) is 14.6. The summed E-state index contributed by atoms with van der Waals surface area (Å²) in [5.41, 5.74) is 0. The van der Waals surface area contributed by atoms with E-state index >= 15 is 0 Å². The molecule has 2 heterocycles. The number of carbonyl (C=O) groups excluding carboxylic acids is 2. The molecule has 3 N–H and O–H groups in total. The molecule has 16 heteroatoms. The van der Waals surface area contributed by atoms with Gasteiger partial charge in [-0.1, -0.05) is 71.0 Å². The van der Waals surface area contributed by atoms with Crippen LogP contribution in [-0.4, -0.2) is 120 Å². The molecule has 0 saturated carbocycles. The minimum Gasteiger partial charge on any atom is -0.484 e. The van der Waals surface area contributed by atoms with Crippen LogP contribution in [0.25, 0.3) is 10.8 Å². The van der Waals surface area contributed by atoms with Gasteiger partial charge in [0.05, 0.1) is 6.61 Å².